The summed E-state index contributed by atoms with van der Waals surface area (Å²) < 4.78 is 33.8. The van der Waals surface area contributed by atoms with E-state index in [0.29, 0.717) is 12.8 Å². The molecule has 0 aromatic carbocycles. The SMILES string of the molecule is C/C=C/CC/C=C/CC/C=C/C(O)C(COC1OC(CO)C(OC2OC(CO)C(OC3OC(CO)C(O)C(O)C3O)C(O)C2O)C(O)C1O)NC(=O)CCCCCCCCC. The van der Waals surface area contributed by atoms with Gasteiger partial charge in [0.25, 0.3) is 0 Å². The second-order valence-corrected chi connectivity index (χ2v) is 15.8. The number of carbonyl (C=O) groups excluding carboxylic acids is 1. The summed E-state index contributed by atoms with van der Waals surface area (Å²) in [5, 5.41) is 119. The molecule has 0 aromatic heterocycles. The van der Waals surface area contributed by atoms with Crippen LogP contribution in [0.1, 0.15) is 90.9 Å². The molecule has 19 nitrogen and oxygen atoms in total. The molecule has 3 aliphatic heterocycles. The molecule has 1 amide bonds. The van der Waals surface area contributed by atoms with Crippen molar-refractivity contribution < 1.29 is 89.4 Å². The number of carbonyl (C=O) groups is 1. The van der Waals surface area contributed by atoms with E-state index in [1.54, 1.807) is 12.2 Å². The first kappa shape index (κ1) is 53.3. The Morgan fingerprint density at radius 3 is 1.64 bits per heavy atom. The van der Waals surface area contributed by atoms with E-state index in [4.69, 9.17) is 28.4 Å². The van der Waals surface area contributed by atoms with Gasteiger partial charge in [0.1, 0.15) is 73.2 Å². The van der Waals surface area contributed by atoms with Crippen LogP contribution in [-0.4, -0.2) is 193 Å². The van der Waals surface area contributed by atoms with E-state index in [1.165, 1.54) is 6.42 Å². The van der Waals surface area contributed by atoms with Gasteiger partial charge in [-0.3, -0.25) is 4.79 Å². The molecular formula is C42H73NO18. The molecule has 17 atom stereocenters. The van der Waals surface area contributed by atoms with Crippen molar-refractivity contribution in [1.29, 1.82) is 0 Å². The quantitative estimate of drug-likeness (QED) is 0.0337. The highest BCUT2D eigenvalue weighted by Crippen LogP contribution is 2.32. The van der Waals surface area contributed by atoms with Crippen molar-refractivity contribution in [3.8, 4) is 0 Å². The molecule has 3 saturated heterocycles. The summed E-state index contributed by atoms with van der Waals surface area (Å²) in [6.07, 6.45) is -4.71. The molecule has 0 bridgehead atoms. The van der Waals surface area contributed by atoms with Crippen LogP contribution in [0.2, 0.25) is 0 Å². The average Bonchev–Trinajstić information content (AvgIpc) is 3.25. The van der Waals surface area contributed by atoms with Gasteiger partial charge in [-0.2, -0.15) is 0 Å². The highest BCUT2D eigenvalue weighted by atomic mass is 16.8. The predicted octanol–water partition coefficient (Wildman–Crippen LogP) is -1.31. The highest BCUT2D eigenvalue weighted by Gasteiger charge is 2.53. The Labute approximate surface area is 358 Å². The predicted molar refractivity (Wildman–Crippen MR) is 217 cm³/mol. The summed E-state index contributed by atoms with van der Waals surface area (Å²) in [7, 11) is 0. The van der Waals surface area contributed by atoms with E-state index in [1.807, 2.05) is 13.0 Å². The summed E-state index contributed by atoms with van der Waals surface area (Å²) in [4.78, 5) is 13.0. The van der Waals surface area contributed by atoms with Crippen molar-refractivity contribution in [1.82, 2.24) is 5.32 Å². The number of amides is 1. The van der Waals surface area contributed by atoms with Crippen LogP contribution in [0.5, 0.6) is 0 Å². The minimum Gasteiger partial charge on any atom is -0.394 e. The number of nitrogens with one attached hydrogen (secondary N) is 1. The van der Waals surface area contributed by atoms with E-state index in [0.717, 1.165) is 51.4 Å². The number of hydrogen-bond donors (Lipinski definition) is 12. The van der Waals surface area contributed by atoms with Gasteiger partial charge in [0.05, 0.1) is 38.6 Å². The lowest BCUT2D eigenvalue weighted by atomic mass is 9.96. The molecule has 61 heavy (non-hydrogen) atoms. The maximum Gasteiger partial charge on any atom is 0.220 e. The zero-order valence-electron chi connectivity index (χ0n) is 35.4. The number of allylic oxidation sites excluding steroid dienone is 5. The number of unbranched alkanes of at least 4 members (excludes halogenated alkanes) is 8. The van der Waals surface area contributed by atoms with Crippen molar-refractivity contribution in [2.24, 2.45) is 0 Å². The van der Waals surface area contributed by atoms with Gasteiger partial charge in [0, 0.05) is 6.42 Å². The van der Waals surface area contributed by atoms with Gasteiger partial charge in [0.15, 0.2) is 18.9 Å². The van der Waals surface area contributed by atoms with Crippen LogP contribution in [0, 0.1) is 0 Å². The lowest BCUT2D eigenvalue weighted by Crippen LogP contribution is -2.66. The third-order valence-corrected chi connectivity index (χ3v) is 11.0. The van der Waals surface area contributed by atoms with Crippen LogP contribution < -0.4 is 5.32 Å². The number of aliphatic hydroxyl groups is 11. The summed E-state index contributed by atoms with van der Waals surface area (Å²) in [6.45, 7) is 1.32. The molecule has 17 unspecified atom stereocenters. The molecule has 3 rings (SSSR count). The van der Waals surface area contributed by atoms with Gasteiger partial charge >= 0.3 is 0 Å². The molecule has 19 heteroatoms. The zero-order valence-corrected chi connectivity index (χ0v) is 35.4. The largest absolute Gasteiger partial charge is 0.394 e. The van der Waals surface area contributed by atoms with E-state index >= 15 is 0 Å². The molecule has 0 radical (unpaired) electrons. The third kappa shape index (κ3) is 16.5. The molecular weight excluding hydrogens is 806 g/mol. The first-order valence-corrected chi connectivity index (χ1v) is 21.7. The Bertz CT molecular complexity index is 1290. The van der Waals surface area contributed by atoms with Gasteiger partial charge < -0.3 is 89.9 Å². The molecule has 0 spiro atoms. The Morgan fingerprint density at radius 2 is 1.08 bits per heavy atom. The smallest absolute Gasteiger partial charge is 0.220 e. The zero-order chi connectivity index (χ0) is 44.9. The summed E-state index contributed by atoms with van der Waals surface area (Å²) >= 11 is 0. The number of ether oxygens (including phenoxy) is 6. The molecule has 3 fully saturated rings. The van der Waals surface area contributed by atoms with Crippen molar-refractivity contribution in [2.75, 3.05) is 26.4 Å². The van der Waals surface area contributed by atoms with Crippen molar-refractivity contribution in [3.63, 3.8) is 0 Å². The molecule has 3 aliphatic rings. The van der Waals surface area contributed by atoms with Gasteiger partial charge in [-0.05, 0) is 39.0 Å². The maximum atomic E-state index is 13.0. The fraction of sp³-hybridized carbons (Fsp3) is 0.833. The van der Waals surface area contributed by atoms with Crippen LogP contribution in [0.4, 0.5) is 0 Å². The minimum atomic E-state index is -1.98. The molecule has 0 saturated carbocycles. The average molecular weight is 880 g/mol. The Kier molecular flexibility index (Phi) is 25.1. The van der Waals surface area contributed by atoms with E-state index in [2.05, 4.69) is 30.5 Å². The molecule has 354 valence electrons. The number of hydrogen-bond acceptors (Lipinski definition) is 18. The van der Waals surface area contributed by atoms with Crippen molar-refractivity contribution in [2.45, 2.75) is 195 Å². The van der Waals surface area contributed by atoms with Gasteiger partial charge in [-0.25, -0.2) is 0 Å². The lowest BCUT2D eigenvalue weighted by molar-refractivity contribution is -0.379. The monoisotopic (exact) mass is 879 g/mol. The summed E-state index contributed by atoms with van der Waals surface area (Å²) in [6, 6.07) is -0.986. The minimum absolute atomic E-state index is 0.229. The van der Waals surface area contributed by atoms with Crippen molar-refractivity contribution >= 4 is 5.91 Å². The van der Waals surface area contributed by atoms with Gasteiger partial charge in [-0.1, -0.05) is 81.9 Å². The maximum absolute atomic E-state index is 13.0. The van der Waals surface area contributed by atoms with E-state index in [-0.39, 0.29) is 18.9 Å². The third-order valence-electron chi connectivity index (χ3n) is 11.0. The molecule has 3 heterocycles. The van der Waals surface area contributed by atoms with Crippen LogP contribution in [0.25, 0.3) is 0 Å². The number of aliphatic hydroxyl groups excluding tert-OH is 11. The first-order chi connectivity index (χ1) is 29.3. The Morgan fingerprint density at radius 1 is 0.607 bits per heavy atom. The van der Waals surface area contributed by atoms with E-state index < -0.39 is 124 Å². The molecule has 12 N–H and O–H groups in total. The molecule has 0 aliphatic carbocycles. The first-order valence-electron chi connectivity index (χ1n) is 21.7. The number of rotatable bonds is 27. The summed E-state index contributed by atoms with van der Waals surface area (Å²) in [5.41, 5.74) is 0. The highest BCUT2D eigenvalue weighted by molar-refractivity contribution is 5.76. The van der Waals surface area contributed by atoms with Gasteiger partial charge in [0.2, 0.25) is 5.91 Å². The normalized spacial score (nSPS) is 35.9. The van der Waals surface area contributed by atoms with Crippen LogP contribution in [-0.2, 0) is 33.2 Å². The second kappa shape index (κ2) is 28.7. The Balaban J connectivity index is 1.63. The summed E-state index contributed by atoms with van der Waals surface area (Å²) in [5.74, 6) is -0.305. The standard InChI is InChI=1S/C42H73NO18/c1-3-5-7-9-11-12-14-15-17-19-26(47)25(43-30(48)20-18-16-13-10-8-6-4-2)24-56-40-36(54)33(51)38(28(22-45)58-40)61-42-37(55)34(52)39(29(23-46)59-42)60-41-35(53)32(50)31(49)27(21-44)57-41/h3,5,11-12,17,19,25-29,31-42,44-47,49-55H,4,6-10,13-16,18,20-24H2,1-2H3,(H,43,48)/b5-3+,12-11+,19-17+. The second-order valence-electron chi connectivity index (χ2n) is 15.8. The molecule has 0 aromatic rings. The van der Waals surface area contributed by atoms with Crippen LogP contribution in [0.15, 0.2) is 36.5 Å². The van der Waals surface area contributed by atoms with Crippen molar-refractivity contribution in [3.05, 3.63) is 36.5 Å². The fourth-order valence-corrected chi connectivity index (χ4v) is 7.28. The fourth-order valence-electron chi connectivity index (χ4n) is 7.28. The van der Waals surface area contributed by atoms with Crippen LogP contribution >= 0.6 is 0 Å². The topological polar surface area (TPSA) is 307 Å². The van der Waals surface area contributed by atoms with Gasteiger partial charge in [-0.15, -0.1) is 0 Å². The van der Waals surface area contributed by atoms with Crippen LogP contribution in [0.3, 0.4) is 0 Å². The lowest BCUT2D eigenvalue weighted by Gasteiger charge is -2.48. The Hall–Kier alpha value is -1.99. The van der Waals surface area contributed by atoms with E-state index in [9.17, 15) is 61.0 Å².